The molecule has 4 rings (SSSR count). The molecule has 0 spiro atoms. The van der Waals surface area contributed by atoms with E-state index in [0.717, 1.165) is 6.07 Å². The van der Waals surface area contributed by atoms with E-state index in [2.05, 4.69) is 25.5 Å². The second-order valence-corrected chi connectivity index (χ2v) is 4.87. The van der Waals surface area contributed by atoms with Gasteiger partial charge in [0.05, 0.1) is 0 Å². The third-order valence-electron chi connectivity index (χ3n) is 3.30. The van der Waals surface area contributed by atoms with Gasteiger partial charge in [-0.25, -0.2) is 18.6 Å². The van der Waals surface area contributed by atoms with Gasteiger partial charge in [-0.1, -0.05) is 0 Å². The third kappa shape index (κ3) is 2.47. The zero-order valence-electron chi connectivity index (χ0n) is 12.2. The van der Waals surface area contributed by atoms with Crippen LogP contribution in [0.15, 0.2) is 55.1 Å². The van der Waals surface area contributed by atoms with Gasteiger partial charge in [0.2, 0.25) is 0 Å². The summed E-state index contributed by atoms with van der Waals surface area (Å²) in [6.45, 7) is 0. The van der Waals surface area contributed by atoms with E-state index in [4.69, 9.17) is 0 Å². The Bertz CT molecular complexity index is 992. The number of benzene rings is 1. The number of nitrogens with one attached hydrogen (secondary N) is 1. The topological polar surface area (TPSA) is 90.0 Å². The molecule has 0 saturated heterocycles. The van der Waals surface area contributed by atoms with Crippen LogP contribution >= 0.6 is 0 Å². The van der Waals surface area contributed by atoms with Crippen molar-refractivity contribution < 1.29 is 9.18 Å². The maximum absolute atomic E-state index is 14.2. The van der Waals surface area contributed by atoms with Gasteiger partial charge < -0.3 is 0 Å². The molecule has 0 aliphatic rings. The van der Waals surface area contributed by atoms with Gasteiger partial charge in [-0.15, -0.1) is 5.10 Å². The zero-order chi connectivity index (χ0) is 16.5. The molecular formula is C15H10FN7O. The third-order valence-corrected chi connectivity index (χ3v) is 3.30. The van der Waals surface area contributed by atoms with E-state index in [1.165, 1.54) is 21.3 Å². The predicted octanol–water partition coefficient (Wildman–Crippen LogP) is 1.70. The lowest BCUT2D eigenvalue weighted by molar-refractivity contribution is 0.102. The van der Waals surface area contributed by atoms with E-state index in [-0.39, 0.29) is 17.2 Å². The highest BCUT2D eigenvalue weighted by molar-refractivity contribution is 6.03. The number of nitrogens with zero attached hydrogens (tertiary/aromatic N) is 6. The summed E-state index contributed by atoms with van der Waals surface area (Å²) in [5.41, 5.74) is 0.404. The molecule has 0 radical (unpaired) electrons. The van der Waals surface area contributed by atoms with Crippen molar-refractivity contribution in [1.29, 1.82) is 0 Å². The van der Waals surface area contributed by atoms with Crippen LogP contribution in [0.25, 0.3) is 11.5 Å². The molecule has 0 saturated carbocycles. The van der Waals surface area contributed by atoms with Crippen molar-refractivity contribution in [2.75, 3.05) is 5.32 Å². The molecule has 1 aromatic carbocycles. The SMILES string of the molecule is O=C(Nc1nc2ncccn2n1)c1ccc(-n2cccn2)c(F)c1. The first-order chi connectivity index (χ1) is 11.7. The maximum Gasteiger partial charge on any atom is 0.258 e. The highest BCUT2D eigenvalue weighted by Crippen LogP contribution is 2.15. The molecule has 1 amide bonds. The first-order valence-corrected chi connectivity index (χ1v) is 6.99. The summed E-state index contributed by atoms with van der Waals surface area (Å²) in [4.78, 5) is 20.3. The molecule has 118 valence electrons. The summed E-state index contributed by atoms with van der Waals surface area (Å²) in [5, 5.41) is 10.5. The number of hydrogen-bond acceptors (Lipinski definition) is 5. The minimum atomic E-state index is -0.559. The maximum atomic E-state index is 14.2. The van der Waals surface area contributed by atoms with Gasteiger partial charge in [-0.05, 0) is 30.3 Å². The monoisotopic (exact) mass is 323 g/mol. The average molecular weight is 323 g/mol. The summed E-state index contributed by atoms with van der Waals surface area (Å²) >= 11 is 0. The molecule has 8 nitrogen and oxygen atoms in total. The van der Waals surface area contributed by atoms with Crippen molar-refractivity contribution in [3.63, 3.8) is 0 Å². The van der Waals surface area contributed by atoms with Gasteiger partial charge in [0.15, 0.2) is 0 Å². The predicted molar refractivity (Wildman–Crippen MR) is 82.3 cm³/mol. The largest absolute Gasteiger partial charge is 0.289 e. The summed E-state index contributed by atoms with van der Waals surface area (Å²) in [7, 11) is 0. The standard InChI is InChI=1S/C15H10FN7O/c16-11-9-10(3-4-12(11)22-7-2-6-18-22)13(24)19-14-20-15-17-5-1-8-23(15)21-14/h1-9H,(H,19,21,24). The molecule has 4 aromatic rings. The Hall–Kier alpha value is -3.62. The zero-order valence-corrected chi connectivity index (χ0v) is 12.2. The van der Waals surface area contributed by atoms with E-state index < -0.39 is 11.7 Å². The van der Waals surface area contributed by atoms with Crippen LogP contribution < -0.4 is 5.32 Å². The molecule has 3 heterocycles. The summed E-state index contributed by atoms with van der Waals surface area (Å²) in [5.74, 6) is -0.629. The van der Waals surface area contributed by atoms with Gasteiger partial charge in [-0.2, -0.15) is 10.1 Å². The smallest absolute Gasteiger partial charge is 0.258 e. The van der Waals surface area contributed by atoms with Crippen molar-refractivity contribution in [2.45, 2.75) is 0 Å². The fraction of sp³-hybridized carbons (Fsp3) is 0. The number of carbonyl (C=O) groups is 1. The lowest BCUT2D eigenvalue weighted by Crippen LogP contribution is -2.14. The molecule has 0 fully saturated rings. The second kappa shape index (κ2) is 5.54. The van der Waals surface area contributed by atoms with Crippen LogP contribution in [0.3, 0.4) is 0 Å². The molecule has 0 bridgehead atoms. The number of carbonyl (C=O) groups excluding carboxylic acids is 1. The highest BCUT2D eigenvalue weighted by Gasteiger charge is 2.13. The van der Waals surface area contributed by atoms with Crippen LogP contribution in [0, 0.1) is 5.82 Å². The molecule has 24 heavy (non-hydrogen) atoms. The molecule has 9 heteroatoms. The van der Waals surface area contributed by atoms with E-state index in [1.54, 1.807) is 36.9 Å². The van der Waals surface area contributed by atoms with Crippen LogP contribution in [0.4, 0.5) is 10.3 Å². The van der Waals surface area contributed by atoms with Crippen molar-refractivity contribution in [3.8, 4) is 5.69 Å². The Morgan fingerprint density at radius 2 is 2.04 bits per heavy atom. The van der Waals surface area contributed by atoms with Crippen LogP contribution in [0.5, 0.6) is 0 Å². The van der Waals surface area contributed by atoms with Crippen molar-refractivity contribution in [1.82, 2.24) is 29.4 Å². The van der Waals surface area contributed by atoms with Crippen LogP contribution in [-0.2, 0) is 0 Å². The Labute approximate surface area is 134 Å². The van der Waals surface area contributed by atoms with Crippen LogP contribution in [0.2, 0.25) is 0 Å². The number of rotatable bonds is 3. The van der Waals surface area contributed by atoms with Gasteiger partial charge in [-0.3, -0.25) is 10.1 Å². The van der Waals surface area contributed by atoms with Gasteiger partial charge in [0.25, 0.3) is 17.6 Å². The molecule has 0 aliphatic carbocycles. The van der Waals surface area contributed by atoms with Crippen molar-refractivity contribution >= 4 is 17.6 Å². The lowest BCUT2D eigenvalue weighted by atomic mass is 10.2. The fourth-order valence-corrected chi connectivity index (χ4v) is 2.20. The molecule has 1 N–H and O–H groups in total. The van der Waals surface area contributed by atoms with E-state index >= 15 is 0 Å². The number of aromatic nitrogens is 6. The molecule has 0 unspecified atom stereocenters. The van der Waals surface area contributed by atoms with E-state index in [1.807, 2.05) is 0 Å². The van der Waals surface area contributed by atoms with Crippen LogP contribution in [0.1, 0.15) is 10.4 Å². The van der Waals surface area contributed by atoms with Gasteiger partial charge in [0, 0.05) is 30.4 Å². The average Bonchev–Trinajstić information content (AvgIpc) is 3.23. The molecular weight excluding hydrogens is 313 g/mol. The summed E-state index contributed by atoms with van der Waals surface area (Å²) < 4.78 is 17.0. The summed E-state index contributed by atoms with van der Waals surface area (Å²) in [6.07, 6.45) is 6.39. The number of fused-ring (bicyclic) bond motifs is 1. The summed E-state index contributed by atoms with van der Waals surface area (Å²) in [6, 6.07) is 7.50. The first-order valence-electron chi connectivity index (χ1n) is 6.99. The number of halogens is 1. The Morgan fingerprint density at radius 1 is 1.17 bits per heavy atom. The second-order valence-electron chi connectivity index (χ2n) is 4.87. The highest BCUT2D eigenvalue weighted by atomic mass is 19.1. The molecule has 3 aromatic heterocycles. The first kappa shape index (κ1) is 14.0. The van der Waals surface area contributed by atoms with Gasteiger partial charge >= 0.3 is 0 Å². The Morgan fingerprint density at radius 3 is 2.79 bits per heavy atom. The van der Waals surface area contributed by atoms with Crippen molar-refractivity contribution in [3.05, 3.63) is 66.5 Å². The minimum Gasteiger partial charge on any atom is -0.289 e. The minimum absolute atomic E-state index is 0.0928. The Balaban J connectivity index is 1.59. The Kier molecular flexibility index (Phi) is 3.23. The van der Waals surface area contributed by atoms with Crippen LogP contribution in [-0.4, -0.2) is 35.3 Å². The number of hydrogen-bond donors (Lipinski definition) is 1. The lowest BCUT2D eigenvalue weighted by Gasteiger charge is -2.06. The normalized spacial score (nSPS) is 10.9. The fourth-order valence-electron chi connectivity index (χ4n) is 2.20. The van der Waals surface area contributed by atoms with E-state index in [0.29, 0.717) is 5.78 Å². The number of amides is 1. The van der Waals surface area contributed by atoms with E-state index in [9.17, 15) is 9.18 Å². The quantitative estimate of drug-likeness (QED) is 0.620. The molecule has 0 atom stereocenters. The van der Waals surface area contributed by atoms with Gasteiger partial charge in [0.1, 0.15) is 11.5 Å². The molecule has 0 aliphatic heterocycles. The number of anilines is 1. The van der Waals surface area contributed by atoms with Crippen molar-refractivity contribution in [2.24, 2.45) is 0 Å².